The van der Waals surface area contributed by atoms with Gasteiger partial charge < -0.3 is 4.42 Å². The summed E-state index contributed by atoms with van der Waals surface area (Å²) in [6, 6.07) is 0. The SMILES string of the molecule is CCC1(CC)CC(=O)N(Cc2nnc(C3CC3)o2)C1=O. The van der Waals surface area contributed by atoms with E-state index in [1.54, 1.807) is 0 Å². The van der Waals surface area contributed by atoms with Gasteiger partial charge in [0, 0.05) is 12.3 Å². The molecule has 0 unspecified atom stereocenters. The van der Waals surface area contributed by atoms with Crippen LogP contribution in [0.2, 0.25) is 0 Å². The summed E-state index contributed by atoms with van der Waals surface area (Å²) < 4.78 is 5.53. The zero-order chi connectivity index (χ0) is 14.3. The maximum absolute atomic E-state index is 12.5. The Morgan fingerprint density at radius 1 is 1.25 bits per heavy atom. The molecule has 1 aliphatic heterocycles. The van der Waals surface area contributed by atoms with Crippen LogP contribution in [0.25, 0.3) is 0 Å². The average molecular weight is 277 g/mol. The molecule has 0 atom stereocenters. The van der Waals surface area contributed by atoms with Crippen molar-refractivity contribution in [1.82, 2.24) is 15.1 Å². The quantitative estimate of drug-likeness (QED) is 0.769. The Morgan fingerprint density at radius 3 is 2.50 bits per heavy atom. The summed E-state index contributed by atoms with van der Waals surface area (Å²) in [6.07, 6.45) is 3.82. The van der Waals surface area contributed by atoms with Crippen LogP contribution in [0.15, 0.2) is 4.42 Å². The molecule has 1 aliphatic carbocycles. The molecule has 0 N–H and O–H groups in total. The molecule has 6 nitrogen and oxygen atoms in total. The molecule has 2 heterocycles. The third kappa shape index (κ3) is 2.03. The van der Waals surface area contributed by atoms with E-state index in [0.717, 1.165) is 12.8 Å². The Balaban J connectivity index is 1.76. The Hall–Kier alpha value is -1.72. The molecule has 0 spiro atoms. The van der Waals surface area contributed by atoms with Crippen molar-refractivity contribution in [1.29, 1.82) is 0 Å². The van der Waals surface area contributed by atoms with Crippen LogP contribution in [-0.4, -0.2) is 26.9 Å². The lowest BCUT2D eigenvalue weighted by Crippen LogP contribution is -2.34. The molecule has 2 fully saturated rings. The van der Waals surface area contributed by atoms with Crippen LogP contribution in [0, 0.1) is 5.41 Å². The number of hydrogen-bond donors (Lipinski definition) is 0. The van der Waals surface area contributed by atoms with Crippen LogP contribution in [0.4, 0.5) is 0 Å². The molecule has 1 saturated carbocycles. The molecular weight excluding hydrogens is 258 g/mol. The van der Waals surface area contributed by atoms with Crippen LogP contribution >= 0.6 is 0 Å². The highest BCUT2D eigenvalue weighted by atomic mass is 16.4. The molecular formula is C14H19N3O3. The van der Waals surface area contributed by atoms with Gasteiger partial charge in [0.25, 0.3) is 0 Å². The number of likely N-dealkylation sites (tertiary alicyclic amines) is 1. The van der Waals surface area contributed by atoms with Crippen molar-refractivity contribution in [2.24, 2.45) is 5.41 Å². The van der Waals surface area contributed by atoms with Crippen molar-refractivity contribution < 1.29 is 14.0 Å². The van der Waals surface area contributed by atoms with Crippen LogP contribution in [-0.2, 0) is 16.1 Å². The summed E-state index contributed by atoms with van der Waals surface area (Å²) in [7, 11) is 0. The van der Waals surface area contributed by atoms with Crippen molar-refractivity contribution in [2.45, 2.75) is 58.4 Å². The highest BCUT2D eigenvalue weighted by molar-refractivity contribution is 6.05. The topological polar surface area (TPSA) is 76.3 Å². The molecule has 3 rings (SSSR count). The standard InChI is InChI=1S/C14H19N3O3/c1-3-14(4-2)7-11(18)17(13(14)19)8-10-15-16-12(20-10)9-5-6-9/h9H,3-8H2,1-2H3. The fourth-order valence-electron chi connectivity index (χ4n) is 2.78. The number of carbonyl (C=O) groups excluding carboxylic acids is 2. The first-order chi connectivity index (χ1) is 9.59. The molecule has 1 saturated heterocycles. The van der Waals surface area contributed by atoms with Crippen molar-refractivity contribution >= 4 is 11.8 Å². The average Bonchev–Trinajstić information content (AvgIpc) is 3.15. The summed E-state index contributed by atoms with van der Waals surface area (Å²) in [5.74, 6) is 1.14. The zero-order valence-corrected chi connectivity index (χ0v) is 11.9. The Kier molecular flexibility index (Phi) is 3.11. The lowest BCUT2D eigenvalue weighted by atomic mass is 9.81. The van der Waals surface area contributed by atoms with Crippen LogP contribution < -0.4 is 0 Å². The number of amides is 2. The maximum Gasteiger partial charge on any atom is 0.236 e. The predicted octanol–water partition coefficient (Wildman–Crippen LogP) is 2.01. The molecule has 2 aliphatic rings. The van der Waals surface area contributed by atoms with Gasteiger partial charge in [0.1, 0.15) is 6.54 Å². The molecule has 20 heavy (non-hydrogen) atoms. The minimum atomic E-state index is -0.531. The van der Waals surface area contributed by atoms with Crippen molar-refractivity contribution in [3.05, 3.63) is 11.8 Å². The predicted molar refractivity (Wildman–Crippen MR) is 69.5 cm³/mol. The van der Waals surface area contributed by atoms with E-state index in [4.69, 9.17) is 4.42 Å². The van der Waals surface area contributed by atoms with E-state index in [2.05, 4.69) is 10.2 Å². The van der Waals surface area contributed by atoms with E-state index in [9.17, 15) is 9.59 Å². The monoisotopic (exact) mass is 277 g/mol. The molecule has 108 valence electrons. The summed E-state index contributed by atoms with van der Waals surface area (Å²) in [6.45, 7) is 4.02. The molecule has 1 aromatic rings. The van der Waals surface area contributed by atoms with Gasteiger partial charge in [-0.1, -0.05) is 13.8 Å². The minimum Gasteiger partial charge on any atom is -0.423 e. The number of imide groups is 1. The summed E-state index contributed by atoms with van der Waals surface area (Å²) in [5, 5.41) is 7.93. The largest absolute Gasteiger partial charge is 0.423 e. The number of carbonyl (C=O) groups is 2. The Labute approximate surface area is 117 Å². The van der Waals surface area contributed by atoms with Crippen LogP contribution in [0.5, 0.6) is 0 Å². The normalized spacial score (nSPS) is 21.8. The van der Waals surface area contributed by atoms with Crippen molar-refractivity contribution in [2.75, 3.05) is 0 Å². The molecule has 2 amide bonds. The van der Waals surface area contributed by atoms with Gasteiger partial charge in [-0.2, -0.15) is 0 Å². The van der Waals surface area contributed by atoms with E-state index >= 15 is 0 Å². The second kappa shape index (κ2) is 4.68. The van der Waals surface area contributed by atoms with E-state index in [1.165, 1.54) is 4.90 Å². The van der Waals surface area contributed by atoms with Gasteiger partial charge in [-0.05, 0) is 25.7 Å². The lowest BCUT2D eigenvalue weighted by Gasteiger charge is -2.22. The Bertz CT molecular complexity index is 544. The fraction of sp³-hybridized carbons (Fsp3) is 0.714. The van der Waals surface area contributed by atoms with E-state index in [0.29, 0.717) is 37.0 Å². The first-order valence-electron chi connectivity index (χ1n) is 7.26. The lowest BCUT2D eigenvalue weighted by molar-refractivity contribution is -0.142. The number of rotatable bonds is 5. The summed E-state index contributed by atoms with van der Waals surface area (Å²) in [4.78, 5) is 25.8. The van der Waals surface area contributed by atoms with E-state index in [1.807, 2.05) is 13.8 Å². The van der Waals surface area contributed by atoms with Gasteiger partial charge >= 0.3 is 0 Å². The molecule has 0 radical (unpaired) electrons. The van der Waals surface area contributed by atoms with Gasteiger partial charge in [-0.3, -0.25) is 14.5 Å². The second-order valence-corrected chi connectivity index (χ2v) is 5.76. The first kappa shape index (κ1) is 13.3. The maximum atomic E-state index is 12.5. The molecule has 0 aromatic carbocycles. The van der Waals surface area contributed by atoms with Crippen LogP contribution in [0.1, 0.15) is 63.7 Å². The van der Waals surface area contributed by atoms with Gasteiger partial charge in [0.15, 0.2) is 0 Å². The van der Waals surface area contributed by atoms with Gasteiger partial charge in [0.2, 0.25) is 23.6 Å². The van der Waals surface area contributed by atoms with Gasteiger partial charge in [-0.15, -0.1) is 10.2 Å². The highest BCUT2D eigenvalue weighted by Gasteiger charge is 2.49. The summed E-state index contributed by atoms with van der Waals surface area (Å²) >= 11 is 0. The minimum absolute atomic E-state index is 0.0985. The molecule has 1 aromatic heterocycles. The van der Waals surface area contributed by atoms with Crippen molar-refractivity contribution in [3.63, 3.8) is 0 Å². The van der Waals surface area contributed by atoms with E-state index < -0.39 is 5.41 Å². The third-order valence-corrected chi connectivity index (χ3v) is 4.55. The third-order valence-electron chi connectivity index (χ3n) is 4.55. The summed E-state index contributed by atoms with van der Waals surface area (Å²) in [5.41, 5.74) is -0.531. The fourth-order valence-corrected chi connectivity index (χ4v) is 2.78. The van der Waals surface area contributed by atoms with Gasteiger partial charge in [-0.25, -0.2) is 0 Å². The number of nitrogens with zero attached hydrogens (tertiary/aromatic N) is 3. The van der Waals surface area contributed by atoms with Crippen LogP contribution in [0.3, 0.4) is 0 Å². The first-order valence-corrected chi connectivity index (χ1v) is 7.26. The highest BCUT2D eigenvalue weighted by Crippen LogP contribution is 2.41. The molecule has 0 bridgehead atoms. The Morgan fingerprint density at radius 2 is 1.95 bits per heavy atom. The number of aromatic nitrogens is 2. The molecule has 6 heteroatoms. The van der Waals surface area contributed by atoms with E-state index in [-0.39, 0.29) is 18.4 Å². The smallest absolute Gasteiger partial charge is 0.236 e. The van der Waals surface area contributed by atoms with Gasteiger partial charge in [0.05, 0.1) is 5.41 Å². The zero-order valence-electron chi connectivity index (χ0n) is 11.9. The number of hydrogen-bond acceptors (Lipinski definition) is 5. The van der Waals surface area contributed by atoms with Crippen molar-refractivity contribution in [3.8, 4) is 0 Å². The second-order valence-electron chi connectivity index (χ2n) is 5.76.